The molecule has 0 fully saturated rings. The predicted octanol–water partition coefficient (Wildman–Crippen LogP) is 4.29. The van der Waals surface area contributed by atoms with Crippen LogP contribution in [0.5, 0.6) is 5.75 Å². The Morgan fingerprint density at radius 3 is 2.25 bits per heavy atom. The summed E-state index contributed by atoms with van der Waals surface area (Å²) in [6, 6.07) is 12.1. The number of benzene rings is 2. The number of anilines is 1. The summed E-state index contributed by atoms with van der Waals surface area (Å²) in [6.07, 6.45) is 0.846. The Bertz CT molecular complexity index is 775. The lowest BCUT2D eigenvalue weighted by atomic mass is 10.0. The maximum Gasteiger partial charge on any atom is 0.387 e. The van der Waals surface area contributed by atoms with Crippen LogP contribution in [-0.4, -0.2) is 15.0 Å². The second kappa shape index (κ2) is 7.61. The quantitative estimate of drug-likeness (QED) is 0.806. The average Bonchev–Trinajstić information content (AvgIpc) is 2.48. The van der Waals surface area contributed by atoms with Gasteiger partial charge in [0.25, 0.3) is 10.0 Å². The van der Waals surface area contributed by atoms with Crippen LogP contribution in [0.4, 0.5) is 14.5 Å². The Morgan fingerprint density at radius 1 is 1.04 bits per heavy atom. The first-order chi connectivity index (χ1) is 11.3. The van der Waals surface area contributed by atoms with E-state index in [-0.39, 0.29) is 16.3 Å². The lowest BCUT2D eigenvalue weighted by Gasteiger charge is -2.13. The smallest absolute Gasteiger partial charge is 0.387 e. The highest BCUT2D eigenvalue weighted by Crippen LogP contribution is 2.28. The molecular formula is C17H19F2NO3S. The van der Waals surface area contributed by atoms with E-state index in [2.05, 4.69) is 23.3 Å². The van der Waals surface area contributed by atoms with Gasteiger partial charge in [0.2, 0.25) is 0 Å². The molecule has 1 N–H and O–H groups in total. The molecule has 0 saturated heterocycles. The van der Waals surface area contributed by atoms with Crippen LogP contribution in [0, 0.1) is 5.92 Å². The fourth-order valence-electron chi connectivity index (χ4n) is 2.23. The number of alkyl halides is 2. The second-order valence-corrected chi connectivity index (χ2v) is 7.40. The summed E-state index contributed by atoms with van der Waals surface area (Å²) in [7, 11) is -3.89. The molecule has 24 heavy (non-hydrogen) atoms. The Morgan fingerprint density at radius 2 is 1.67 bits per heavy atom. The number of hydrogen-bond donors (Lipinski definition) is 1. The van der Waals surface area contributed by atoms with Gasteiger partial charge in [-0.1, -0.05) is 38.1 Å². The summed E-state index contributed by atoms with van der Waals surface area (Å²) in [6.45, 7) is 1.11. The van der Waals surface area contributed by atoms with E-state index in [1.165, 1.54) is 36.4 Å². The van der Waals surface area contributed by atoms with Crippen molar-refractivity contribution in [1.29, 1.82) is 0 Å². The molecule has 4 nitrogen and oxygen atoms in total. The molecule has 2 aromatic carbocycles. The first-order valence-corrected chi connectivity index (χ1v) is 8.92. The third-order valence-corrected chi connectivity index (χ3v) is 4.61. The van der Waals surface area contributed by atoms with E-state index in [0.717, 1.165) is 12.0 Å². The number of para-hydroxylation sites is 2. The molecule has 0 radical (unpaired) electrons. The number of nitrogens with one attached hydrogen (secondary N) is 1. The van der Waals surface area contributed by atoms with Crippen LogP contribution in [0.2, 0.25) is 0 Å². The molecule has 0 aromatic heterocycles. The van der Waals surface area contributed by atoms with E-state index >= 15 is 0 Å². The highest BCUT2D eigenvalue weighted by atomic mass is 32.2. The van der Waals surface area contributed by atoms with Crippen molar-refractivity contribution < 1.29 is 21.9 Å². The van der Waals surface area contributed by atoms with Gasteiger partial charge in [-0.25, -0.2) is 8.42 Å². The minimum absolute atomic E-state index is 0.0379. The predicted molar refractivity (Wildman–Crippen MR) is 88.9 cm³/mol. The van der Waals surface area contributed by atoms with Gasteiger partial charge < -0.3 is 4.74 Å². The molecule has 130 valence electrons. The van der Waals surface area contributed by atoms with Crippen LogP contribution in [0.25, 0.3) is 0 Å². The van der Waals surface area contributed by atoms with E-state index < -0.39 is 16.6 Å². The van der Waals surface area contributed by atoms with Gasteiger partial charge >= 0.3 is 6.61 Å². The van der Waals surface area contributed by atoms with Crippen LogP contribution < -0.4 is 9.46 Å². The third-order valence-electron chi connectivity index (χ3n) is 3.23. The maximum absolute atomic E-state index is 12.4. The molecule has 0 bridgehead atoms. The molecule has 0 amide bonds. The number of hydrogen-bond acceptors (Lipinski definition) is 3. The van der Waals surface area contributed by atoms with E-state index in [1.807, 2.05) is 0 Å². The van der Waals surface area contributed by atoms with Crippen molar-refractivity contribution in [3.8, 4) is 5.75 Å². The van der Waals surface area contributed by atoms with Crippen molar-refractivity contribution >= 4 is 15.7 Å². The summed E-state index contributed by atoms with van der Waals surface area (Å²) in [4.78, 5) is 0.0573. The van der Waals surface area contributed by atoms with Gasteiger partial charge in [-0.05, 0) is 42.2 Å². The first kappa shape index (κ1) is 18.2. The molecule has 0 saturated carbocycles. The topological polar surface area (TPSA) is 55.4 Å². The highest BCUT2D eigenvalue weighted by molar-refractivity contribution is 7.92. The van der Waals surface area contributed by atoms with Gasteiger partial charge in [0.05, 0.1) is 10.6 Å². The van der Waals surface area contributed by atoms with E-state index in [0.29, 0.717) is 5.92 Å². The molecule has 2 aromatic rings. The minimum atomic E-state index is -3.89. The maximum atomic E-state index is 12.4. The van der Waals surface area contributed by atoms with Crippen LogP contribution in [0.1, 0.15) is 19.4 Å². The van der Waals surface area contributed by atoms with Gasteiger partial charge in [0.15, 0.2) is 0 Å². The van der Waals surface area contributed by atoms with Gasteiger partial charge in [0, 0.05) is 0 Å². The van der Waals surface area contributed by atoms with Gasteiger partial charge in [0.1, 0.15) is 5.75 Å². The van der Waals surface area contributed by atoms with Crippen LogP contribution >= 0.6 is 0 Å². The molecule has 0 unspecified atom stereocenters. The first-order valence-electron chi connectivity index (χ1n) is 7.43. The Hall–Kier alpha value is -2.15. The van der Waals surface area contributed by atoms with Crippen molar-refractivity contribution in [2.75, 3.05) is 4.72 Å². The summed E-state index contributed by atoms with van der Waals surface area (Å²) in [5, 5.41) is 0. The number of halogens is 2. The molecule has 2 rings (SSSR count). The van der Waals surface area contributed by atoms with Gasteiger partial charge in [-0.2, -0.15) is 8.78 Å². The summed E-state index contributed by atoms with van der Waals surface area (Å²) in [5.41, 5.74) is 0.995. The summed E-state index contributed by atoms with van der Waals surface area (Å²) in [5.74, 6) is 0.233. The third kappa shape index (κ3) is 4.92. The molecule has 0 aliphatic carbocycles. The Balaban J connectivity index is 2.22. The molecular weight excluding hydrogens is 336 g/mol. The fraction of sp³-hybridized carbons (Fsp3) is 0.294. The summed E-state index contributed by atoms with van der Waals surface area (Å²) < 4.78 is 56.3. The van der Waals surface area contributed by atoms with Crippen molar-refractivity contribution in [3.05, 3.63) is 54.1 Å². The van der Waals surface area contributed by atoms with Gasteiger partial charge in [-0.3, -0.25) is 4.72 Å². The van der Waals surface area contributed by atoms with E-state index in [1.54, 1.807) is 12.1 Å². The SMILES string of the molecule is CC(C)Cc1ccc(S(=O)(=O)Nc2ccccc2OC(F)F)cc1. The Kier molecular flexibility index (Phi) is 5.77. The van der Waals surface area contributed by atoms with E-state index in [9.17, 15) is 17.2 Å². The molecule has 0 atom stereocenters. The lowest BCUT2D eigenvalue weighted by molar-refractivity contribution is -0.0493. The van der Waals surface area contributed by atoms with Gasteiger partial charge in [-0.15, -0.1) is 0 Å². The number of ether oxygens (including phenoxy) is 1. The van der Waals surface area contributed by atoms with Crippen molar-refractivity contribution in [3.63, 3.8) is 0 Å². The normalized spacial score (nSPS) is 11.8. The van der Waals surface area contributed by atoms with Crippen LogP contribution in [0.15, 0.2) is 53.4 Å². The highest BCUT2D eigenvalue weighted by Gasteiger charge is 2.18. The molecule has 0 spiro atoms. The molecule has 7 heteroatoms. The molecule has 0 aliphatic rings. The zero-order valence-electron chi connectivity index (χ0n) is 13.4. The van der Waals surface area contributed by atoms with Crippen molar-refractivity contribution in [1.82, 2.24) is 0 Å². The monoisotopic (exact) mass is 355 g/mol. The lowest BCUT2D eigenvalue weighted by Crippen LogP contribution is -2.14. The minimum Gasteiger partial charge on any atom is -0.433 e. The van der Waals surface area contributed by atoms with Crippen molar-refractivity contribution in [2.45, 2.75) is 31.8 Å². The summed E-state index contributed by atoms with van der Waals surface area (Å²) >= 11 is 0. The average molecular weight is 355 g/mol. The van der Waals surface area contributed by atoms with E-state index in [4.69, 9.17) is 0 Å². The molecule has 0 heterocycles. The standard InChI is InChI=1S/C17H19F2NO3S/c1-12(2)11-13-7-9-14(10-8-13)24(21,22)20-15-5-3-4-6-16(15)23-17(18)19/h3-10,12,17,20H,11H2,1-2H3. The number of sulfonamides is 1. The Labute approximate surface area is 140 Å². The molecule has 0 aliphatic heterocycles. The number of rotatable bonds is 7. The zero-order valence-corrected chi connectivity index (χ0v) is 14.2. The van der Waals surface area contributed by atoms with Crippen LogP contribution in [0.3, 0.4) is 0 Å². The second-order valence-electron chi connectivity index (χ2n) is 5.72. The zero-order chi connectivity index (χ0) is 17.7. The van der Waals surface area contributed by atoms with Crippen LogP contribution in [-0.2, 0) is 16.4 Å². The largest absolute Gasteiger partial charge is 0.433 e. The fourth-order valence-corrected chi connectivity index (χ4v) is 3.30. The van der Waals surface area contributed by atoms with Crippen molar-refractivity contribution in [2.24, 2.45) is 5.92 Å².